The summed E-state index contributed by atoms with van der Waals surface area (Å²) in [6, 6.07) is 4.65. The van der Waals surface area contributed by atoms with Crippen molar-refractivity contribution < 1.29 is 0 Å². The molecule has 2 aromatic rings. The Balaban J connectivity index is 2.11. The van der Waals surface area contributed by atoms with Crippen LogP contribution >= 0.6 is 0 Å². The van der Waals surface area contributed by atoms with E-state index in [0.717, 1.165) is 12.2 Å². The van der Waals surface area contributed by atoms with E-state index < -0.39 is 0 Å². The lowest BCUT2D eigenvalue weighted by Gasteiger charge is -2.07. The number of H-pyrrole nitrogens is 1. The van der Waals surface area contributed by atoms with E-state index in [9.17, 15) is 0 Å². The van der Waals surface area contributed by atoms with Crippen LogP contribution in [0.5, 0.6) is 0 Å². The summed E-state index contributed by atoms with van der Waals surface area (Å²) in [5, 5.41) is 4.76. The molecule has 14 heavy (non-hydrogen) atoms. The first kappa shape index (κ1) is 8.00. The Morgan fingerprint density at radius 1 is 1.43 bits per heavy atom. The van der Waals surface area contributed by atoms with Gasteiger partial charge in [0.2, 0.25) is 0 Å². The topological polar surface area (TPSA) is 40.7 Å². The number of aromatic nitrogens is 2. The predicted octanol–water partition coefficient (Wildman–Crippen LogP) is 1.99. The molecule has 3 heterocycles. The van der Waals surface area contributed by atoms with Gasteiger partial charge >= 0.3 is 0 Å². The number of fused-ring (bicyclic) bond motifs is 1. The molecule has 0 spiro atoms. The normalized spacial score (nSPS) is 21.9. The minimum absolute atomic E-state index is 0.521. The molecule has 0 radical (unpaired) electrons. The van der Waals surface area contributed by atoms with Crippen molar-refractivity contribution in [3.8, 4) is 0 Å². The molecule has 0 aromatic carbocycles. The maximum Gasteiger partial charge on any atom is 0.137 e. The van der Waals surface area contributed by atoms with Gasteiger partial charge in [0, 0.05) is 23.8 Å². The second kappa shape index (κ2) is 3.10. The average molecular weight is 187 g/mol. The molecule has 3 nitrogen and oxygen atoms in total. The lowest BCUT2D eigenvalue weighted by atomic mass is 10.1. The molecule has 0 saturated carbocycles. The van der Waals surface area contributed by atoms with Gasteiger partial charge in [-0.25, -0.2) is 4.98 Å². The molecule has 2 N–H and O–H groups in total. The molecule has 0 aliphatic carbocycles. The highest BCUT2D eigenvalue weighted by atomic mass is 14.9. The van der Waals surface area contributed by atoms with E-state index in [0.29, 0.717) is 6.04 Å². The van der Waals surface area contributed by atoms with Crippen molar-refractivity contribution >= 4 is 11.0 Å². The van der Waals surface area contributed by atoms with Gasteiger partial charge < -0.3 is 10.3 Å². The molecule has 0 unspecified atom stereocenters. The van der Waals surface area contributed by atoms with E-state index in [2.05, 4.69) is 27.5 Å². The van der Waals surface area contributed by atoms with Gasteiger partial charge in [-0.15, -0.1) is 0 Å². The first-order chi connectivity index (χ1) is 6.95. The van der Waals surface area contributed by atoms with E-state index in [1.807, 2.05) is 12.3 Å². The largest absolute Gasteiger partial charge is 0.346 e. The lowest BCUT2D eigenvalue weighted by molar-refractivity contribution is 0.652. The summed E-state index contributed by atoms with van der Waals surface area (Å²) in [4.78, 5) is 7.50. The van der Waals surface area contributed by atoms with Crippen LogP contribution in [0, 0.1) is 0 Å². The van der Waals surface area contributed by atoms with Gasteiger partial charge in [-0.05, 0) is 37.1 Å². The summed E-state index contributed by atoms with van der Waals surface area (Å²) in [7, 11) is 0. The summed E-state index contributed by atoms with van der Waals surface area (Å²) in [5.41, 5.74) is 2.36. The van der Waals surface area contributed by atoms with E-state index in [1.54, 1.807) is 0 Å². The second-order valence-corrected chi connectivity index (χ2v) is 3.79. The summed E-state index contributed by atoms with van der Waals surface area (Å²) in [6.07, 6.45) is 6.42. The third-order valence-electron chi connectivity index (χ3n) is 2.92. The van der Waals surface area contributed by atoms with Crippen LogP contribution in [0.2, 0.25) is 0 Å². The maximum atomic E-state index is 4.29. The quantitative estimate of drug-likeness (QED) is 0.716. The van der Waals surface area contributed by atoms with Gasteiger partial charge in [0.05, 0.1) is 0 Å². The molecule has 3 heteroatoms. The number of rotatable bonds is 1. The highest BCUT2D eigenvalue weighted by Gasteiger charge is 2.19. The summed E-state index contributed by atoms with van der Waals surface area (Å²) < 4.78 is 0. The Morgan fingerprint density at radius 2 is 2.43 bits per heavy atom. The molecular formula is C11H13N3. The number of pyridine rings is 1. The molecule has 3 rings (SSSR count). The van der Waals surface area contributed by atoms with Crippen molar-refractivity contribution in [2.75, 3.05) is 6.54 Å². The van der Waals surface area contributed by atoms with Crippen molar-refractivity contribution in [2.24, 2.45) is 0 Å². The fourth-order valence-corrected chi connectivity index (χ4v) is 2.22. The van der Waals surface area contributed by atoms with Crippen molar-refractivity contribution in [3.63, 3.8) is 0 Å². The van der Waals surface area contributed by atoms with Crippen LogP contribution in [-0.4, -0.2) is 16.5 Å². The fourth-order valence-electron chi connectivity index (χ4n) is 2.22. The van der Waals surface area contributed by atoms with Crippen molar-refractivity contribution in [1.82, 2.24) is 15.3 Å². The van der Waals surface area contributed by atoms with Crippen LogP contribution in [-0.2, 0) is 0 Å². The highest BCUT2D eigenvalue weighted by Crippen LogP contribution is 2.28. The zero-order valence-electron chi connectivity index (χ0n) is 7.96. The van der Waals surface area contributed by atoms with Crippen LogP contribution < -0.4 is 5.32 Å². The van der Waals surface area contributed by atoms with Gasteiger partial charge in [0.25, 0.3) is 0 Å². The Hall–Kier alpha value is -1.35. The first-order valence-electron chi connectivity index (χ1n) is 5.10. The first-order valence-corrected chi connectivity index (χ1v) is 5.10. The van der Waals surface area contributed by atoms with Gasteiger partial charge in [0.15, 0.2) is 0 Å². The van der Waals surface area contributed by atoms with Crippen molar-refractivity contribution in [3.05, 3.63) is 30.1 Å². The molecule has 1 aliphatic heterocycles. The minimum atomic E-state index is 0.521. The van der Waals surface area contributed by atoms with Crippen LogP contribution in [0.15, 0.2) is 24.5 Å². The smallest absolute Gasteiger partial charge is 0.137 e. The molecule has 2 aromatic heterocycles. The van der Waals surface area contributed by atoms with Crippen molar-refractivity contribution in [2.45, 2.75) is 18.9 Å². The van der Waals surface area contributed by atoms with Crippen LogP contribution in [0.25, 0.3) is 11.0 Å². The molecule has 1 fully saturated rings. The Labute approximate surface area is 82.5 Å². The fraction of sp³-hybridized carbons (Fsp3) is 0.364. The van der Waals surface area contributed by atoms with E-state index >= 15 is 0 Å². The van der Waals surface area contributed by atoms with Gasteiger partial charge in [-0.3, -0.25) is 0 Å². The monoisotopic (exact) mass is 187 g/mol. The minimum Gasteiger partial charge on any atom is -0.346 e. The van der Waals surface area contributed by atoms with Crippen molar-refractivity contribution in [1.29, 1.82) is 0 Å². The average Bonchev–Trinajstić information content (AvgIpc) is 2.85. The van der Waals surface area contributed by atoms with E-state index in [-0.39, 0.29) is 0 Å². The van der Waals surface area contributed by atoms with Crippen LogP contribution in [0.4, 0.5) is 0 Å². The second-order valence-electron chi connectivity index (χ2n) is 3.79. The number of nitrogens with one attached hydrogen (secondary N) is 2. The summed E-state index contributed by atoms with van der Waals surface area (Å²) in [5.74, 6) is 0. The third-order valence-corrected chi connectivity index (χ3v) is 2.92. The summed E-state index contributed by atoms with van der Waals surface area (Å²) >= 11 is 0. The number of hydrogen-bond donors (Lipinski definition) is 2. The van der Waals surface area contributed by atoms with Gasteiger partial charge in [-0.2, -0.15) is 0 Å². The van der Waals surface area contributed by atoms with Crippen LogP contribution in [0.3, 0.4) is 0 Å². The van der Waals surface area contributed by atoms with Gasteiger partial charge in [-0.1, -0.05) is 0 Å². The number of hydrogen-bond acceptors (Lipinski definition) is 2. The molecular weight excluding hydrogens is 174 g/mol. The Bertz CT molecular complexity index is 440. The number of aromatic amines is 1. The standard InChI is InChI=1S/C11H13N3/c1-3-8-9(10-4-2-5-12-10)7-14-11(8)13-6-1/h1,3,6-7,10,12H,2,4-5H2,(H,13,14)/t10-/m0/s1. The van der Waals surface area contributed by atoms with E-state index in [4.69, 9.17) is 0 Å². The highest BCUT2D eigenvalue weighted by molar-refractivity contribution is 5.80. The van der Waals surface area contributed by atoms with E-state index in [1.165, 1.54) is 23.8 Å². The molecule has 1 atom stereocenters. The lowest BCUT2D eigenvalue weighted by Crippen LogP contribution is -2.12. The molecule has 1 aliphatic rings. The van der Waals surface area contributed by atoms with Crippen LogP contribution in [0.1, 0.15) is 24.4 Å². The molecule has 72 valence electrons. The predicted molar refractivity (Wildman–Crippen MR) is 56.1 cm³/mol. The maximum absolute atomic E-state index is 4.29. The number of nitrogens with zero attached hydrogens (tertiary/aromatic N) is 1. The summed E-state index contributed by atoms with van der Waals surface area (Å²) in [6.45, 7) is 1.14. The SMILES string of the molecule is c1cnc2[nH]cc([C@@H]3CCCN3)c2c1. The zero-order valence-corrected chi connectivity index (χ0v) is 7.96. The molecule has 0 bridgehead atoms. The zero-order chi connectivity index (χ0) is 9.38. The Morgan fingerprint density at radius 3 is 3.29 bits per heavy atom. The molecule has 0 amide bonds. The van der Waals surface area contributed by atoms with Gasteiger partial charge in [0.1, 0.15) is 5.65 Å². The molecule has 1 saturated heterocycles. The third kappa shape index (κ3) is 1.13. The Kier molecular flexibility index (Phi) is 1.77.